The average Bonchev–Trinajstić information content (AvgIpc) is 3.58. The Balaban J connectivity index is 1.61. The van der Waals surface area contributed by atoms with E-state index in [2.05, 4.69) is 22.5 Å². The molecule has 3 fully saturated rings. The van der Waals surface area contributed by atoms with Crippen LogP contribution in [0.1, 0.15) is 18.9 Å². The second-order valence-electron chi connectivity index (χ2n) is 10.6. The average molecular weight is 628 g/mol. The molecule has 0 aliphatic carbocycles. The Kier molecular flexibility index (Phi) is 8.54. The third-order valence-electron chi connectivity index (χ3n) is 8.40. The molecule has 0 aromatic heterocycles. The molecule has 10 heteroatoms. The summed E-state index contributed by atoms with van der Waals surface area (Å²) in [5, 5.41) is 10.6. The number of ether oxygens (including phenoxy) is 3. The molecule has 3 saturated heterocycles. The predicted octanol–water partition coefficient (Wildman–Crippen LogP) is 3.13. The Bertz CT molecular complexity index is 1290. The number of halogens is 1. The number of nitrogens with zero attached hydrogens (tertiary/aromatic N) is 2. The molecular formula is C31H35BrN2O7. The van der Waals surface area contributed by atoms with E-state index in [0.717, 1.165) is 5.56 Å². The van der Waals surface area contributed by atoms with Crippen molar-refractivity contribution in [2.45, 2.75) is 48.4 Å². The van der Waals surface area contributed by atoms with Crippen LogP contribution in [0.25, 0.3) is 0 Å². The quantitative estimate of drug-likeness (QED) is 0.232. The molecular weight excluding hydrogens is 592 g/mol. The van der Waals surface area contributed by atoms with E-state index in [9.17, 15) is 19.5 Å². The van der Waals surface area contributed by atoms with Gasteiger partial charge in [-0.2, -0.15) is 0 Å². The summed E-state index contributed by atoms with van der Waals surface area (Å²) in [6.45, 7) is 5.53. The number of hydrogen-bond donors (Lipinski definition) is 1. The molecule has 0 radical (unpaired) electrons. The number of anilines is 1. The highest BCUT2D eigenvalue weighted by Crippen LogP contribution is 2.60. The van der Waals surface area contributed by atoms with E-state index in [4.69, 9.17) is 14.2 Å². The predicted molar refractivity (Wildman–Crippen MR) is 156 cm³/mol. The van der Waals surface area contributed by atoms with E-state index in [1.165, 1.54) is 4.90 Å². The summed E-state index contributed by atoms with van der Waals surface area (Å²) in [5.41, 5.74) is 0.223. The van der Waals surface area contributed by atoms with Crippen molar-refractivity contribution in [1.29, 1.82) is 0 Å². The van der Waals surface area contributed by atoms with Crippen LogP contribution in [0, 0.1) is 11.8 Å². The summed E-state index contributed by atoms with van der Waals surface area (Å²) < 4.78 is 17.3. The lowest BCUT2D eigenvalue weighted by Gasteiger charge is -2.39. The first-order chi connectivity index (χ1) is 19.8. The van der Waals surface area contributed by atoms with Gasteiger partial charge in [0.1, 0.15) is 17.4 Å². The Morgan fingerprint density at radius 2 is 1.95 bits per heavy atom. The Morgan fingerprint density at radius 3 is 2.56 bits per heavy atom. The van der Waals surface area contributed by atoms with Gasteiger partial charge in [0.25, 0.3) is 5.91 Å². The molecule has 5 rings (SSSR count). The summed E-state index contributed by atoms with van der Waals surface area (Å²) in [6, 6.07) is 14.7. The fraction of sp³-hybridized carbons (Fsp3) is 0.452. The van der Waals surface area contributed by atoms with Gasteiger partial charge >= 0.3 is 5.97 Å². The molecule has 3 aliphatic heterocycles. The van der Waals surface area contributed by atoms with E-state index < -0.39 is 41.6 Å². The normalized spacial score (nSPS) is 28.7. The lowest BCUT2D eigenvalue weighted by Crippen LogP contribution is -2.59. The summed E-state index contributed by atoms with van der Waals surface area (Å²) in [4.78, 5) is 45.1. The van der Waals surface area contributed by atoms with Crippen LogP contribution in [-0.2, 0) is 30.3 Å². The number of methoxy groups -OCH3 is 1. The summed E-state index contributed by atoms with van der Waals surface area (Å²) in [5.74, 6) is -2.42. The van der Waals surface area contributed by atoms with Crippen molar-refractivity contribution in [2.24, 2.45) is 11.8 Å². The maximum atomic E-state index is 14.7. The molecule has 3 aliphatic rings. The summed E-state index contributed by atoms with van der Waals surface area (Å²) in [7, 11) is 1.56. The van der Waals surface area contributed by atoms with Crippen LogP contribution in [0.5, 0.6) is 5.75 Å². The molecule has 1 spiro atoms. The van der Waals surface area contributed by atoms with Crippen LogP contribution < -0.4 is 9.64 Å². The molecule has 1 N–H and O–H groups in total. The van der Waals surface area contributed by atoms with Crippen molar-refractivity contribution in [3.63, 3.8) is 0 Å². The number of esters is 1. The number of likely N-dealkylation sites (tertiary alicyclic amines) is 1. The maximum Gasteiger partial charge on any atom is 0.312 e. The van der Waals surface area contributed by atoms with Crippen LogP contribution in [0.15, 0.2) is 67.3 Å². The molecule has 2 aromatic carbocycles. The van der Waals surface area contributed by atoms with Gasteiger partial charge in [0.15, 0.2) is 0 Å². The number of amides is 2. The number of fused-ring (bicyclic) bond motifs is 1. The topological polar surface area (TPSA) is 106 Å². The number of carbonyl (C=O) groups is 3. The van der Waals surface area contributed by atoms with Crippen LogP contribution in [0.3, 0.4) is 0 Å². The smallest absolute Gasteiger partial charge is 0.312 e. The molecule has 3 heterocycles. The van der Waals surface area contributed by atoms with Crippen molar-refractivity contribution in [2.75, 3.05) is 31.8 Å². The van der Waals surface area contributed by atoms with Crippen molar-refractivity contribution in [3.8, 4) is 5.75 Å². The third kappa shape index (κ3) is 4.96. The zero-order valence-corrected chi connectivity index (χ0v) is 24.7. The zero-order valence-electron chi connectivity index (χ0n) is 23.1. The molecule has 2 aromatic rings. The minimum atomic E-state index is -1.28. The molecule has 41 heavy (non-hydrogen) atoms. The monoisotopic (exact) mass is 626 g/mol. The number of rotatable bonds is 11. The minimum Gasteiger partial charge on any atom is -0.497 e. The lowest BCUT2D eigenvalue weighted by molar-refractivity contribution is -0.155. The molecule has 7 atom stereocenters. The Labute approximate surface area is 248 Å². The lowest BCUT2D eigenvalue weighted by atomic mass is 9.70. The summed E-state index contributed by atoms with van der Waals surface area (Å²) in [6.07, 6.45) is 1.68. The van der Waals surface area contributed by atoms with Gasteiger partial charge in [0.05, 0.1) is 44.3 Å². The van der Waals surface area contributed by atoms with Gasteiger partial charge in [-0.3, -0.25) is 14.4 Å². The number of alkyl halides is 1. The number of hydrogen-bond acceptors (Lipinski definition) is 7. The van der Waals surface area contributed by atoms with E-state index in [-0.39, 0.29) is 36.4 Å². The van der Waals surface area contributed by atoms with Crippen LogP contribution in [-0.4, -0.2) is 83.3 Å². The number of aliphatic hydroxyl groups is 1. The highest BCUT2D eigenvalue weighted by Gasteiger charge is 2.77. The van der Waals surface area contributed by atoms with E-state index >= 15 is 0 Å². The first-order valence-electron chi connectivity index (χ1n) is 13.8. The second kappa shape index (κ2) is 12.0. The van der Waals surface area contributed by atoms with Gasteiger partial charge in [-0.1, -0.05) is 52.3 Å². The molecule has 0 saturated carbocycles. The standard InChI is InChI=1S/C31H35BrN2O7/c1-4-15-33(20-11-13-22(39-3)14-12-20)29(37)27-31-17-23(32)26(41-31)24(30(38)40-5-2)25(31)28(36)34(27)21(18-35)16-19-9-7-6-8-10-19/h4,6-14,21,23-27,35H,1,5,15-18H2,2-3H3/t21-,23?,24-,25+,26-,27?,31?/m1/s1. The SMILES string of the molecule is C=CCN(C(=O)C1N([C@@H](CO)Cc2ccccc2)C(=O)[C@@H]2[C@@H](C(=O)OCC)[C@@H]3OC12CC3Br)c1ccc(OC)cc1. The van der Waals surface area contributed by atoms with Crippen molar-refractivity contribution in [1.82, 2.24) is 4.90 Å². The zero-order chi connectivity index (χ0) is 29.3. The Hall–Kier alpha value is -3.21. The van der Waals surface area contributed by atoms with Crippen molar-refractivity contribution in [3.05, 3.63) is 72.8 Å². The van der Waals surface area contributed by atoms with Gasteiger partial charge in [0.2, 0.25) is 5.91 Å². The van der Waals surface area contributed by atoms with Crippen molar-refractivity contribution < 1.29 is 33.7 Å². The van der Waals surface area contributed by atoms with E-state index in [0.29, 0.717) is 24.3 Å². The molecule has 3 unspecified atom stereocenters. The molecule has 218 valence electrons. The number of benzene rings is 2. The first kappa shape index (κ1) is 29.3. The van der Waals surface area contributed by atoms with Crippen LogP contribution in [0.4, 0.5) is 5.69 Å². The summed E-state index contributed by atoms with van der Waals surface area (Å²) >= 11 is 3.67. The van der Waals surface area contributed by atoms with E-state index in [1.807, 2.05) is 30.3 Å². The highest BCUT2D eigenvalue weighted by atomic mass is 79.9. The molecule has 2 amide bonds. The van der Waals surface area contributed by atoms with Crippen LogP contribution in [0.2, 0.25) is 0 Å². The fourth-order valence-electron chi connectivity index (χ4n) is 6.75. The van der Waals surface area contributed by atoms with Crippen molar-refractivity contribution >= 4 is 39.4 Å². The van der Waals surface area contributed by atoms with Gasteiger partial charge in [-0.25, -0.2) is 0 Å². The minimum absolute atomic E-state index is 0.160. The largest absolute Gasteiger partial charge is 0.497 e. The van der Waals surface area contributed by atoms with Crippen LogP contribution >= 0.6 is 15.9 Å². The van der Waals surface area contributed by atoms with Gasteiger partial charge in [-0.15, -0.1) is 6.58 Å². The second-order valence-corrected chi connectivity index (χ2v) is 11.8. The van der Waals surface area contributed by atoms with Gasteiger partial charge in [-0.05, 0) is 49.6 Å². The van der Waals surface area contributed by atoms with Gasteiger partial charge < -0.3 is 29.1 Å². The highest BCUT2D eigenvalue weighted by molar-refractivity contribution is 9.09. The first-order valence-corrected chi connectivity index (χ1v) is 14.7. The van der Waals surface area contributed by atoms with Gasteiger partial charge in [0, 0.05) is 17.1 Å². The third-order valence-corrected chi connectivity index (χ3v) is 9.24. The Morgan fingerprint density at radius 1 is 1.24 bits per heavy atom. The fourth-order valence-corrected chi connectivity index (χ4v) is 7.69. The molecule has 2 bridgehead atoms. The number of aliphatic hydroxyl groups excluding tert-OH is 1. The molecule has 9 nitrogen and oxygen atoms in total. The van der Waals surface area contributed by atoms with E-state index in [1.54, 1.807) is 49.3 Å². The number of carbonyl (C=O) groups excluding carboxylic acids is 3. The maximum absolute atomic E-state index is 14.7.